The number of primary amides is 1. The summed E-state index contributed by atoms with van der Waals surface area (Å²) in [7, 11) is 0. The van der Waals surface area contributed by atoms with Crippen molar-refractivity contribution in [2.24, 2.45) is 5.73 Å². The first-order valence-corrected chi connectivity index (χ1v) is 6.54. The standard InChI is InChI=1S/C11H9NO.C6H5Cl/c12-11(13)10-7-3-5-8-4-1-2-6-9(8)10;7-6-4-2-1-3-5-6/h1-7H,(H2,12,13);1-5H. The molecule has 0 unspecified atom stereocenters. The highest BCUT2D eigenvalue weighted by atomic mass is 35.5. The first-order chi connectivity index (χ1) is 9.68. The largest absolute Gasteiger partial charge is 0.366 e. The number of carbonyl (C=O) groups excluding carboxylic acids is 1. The van der Waals surface area contributed by atoms with Crippen LogP contribution >= 0.6 is 11.6 Å². The lowest BCUT2D eigenvalue weighted by Gasteiger charge is -2.01. The van der Waals surface area contributed by atoms with Gasteiger partial charge in [0.05, 0.1) is 0 Å². The first kappa shape index (κ1) is 14.1. The van der Waals surface area contributed by atoms with Gasteiger partial charge in [0.15, 0.2) is 0 Å². The molecular weight excluding hydrogens is 270 g/mol. The van der Waals surface area contributed by atoms with Crippen LogP contribution in [-0.2, 0) is 0 Å². The van der Waals surface area contributed by atoms with Crippen molar-refractivity contribution < 1.29 is 4.79 Å². The molecule has 0 bridgehead atoms. The van der Waals surface area contributed by atoms with E-state index in [1.165, 1.54) is 0 Å². The van der Waals surface area contributed by atoms with Crippen molar-refractivity contribution in [1.82, 2.24) is 0 Å². The van der Waals surface area contributed by atoms with Crippen LogP contribution in [0.15, 0.2) is 72.8 Å². The Hall–Kier alpha value is -2.32. The minimum atomic E-state index is -0.378. The van der Waals surface area contributed by atoms with Gasteiger partial charge in [-0.3, -0.25) is 4.79 Å². The third-order valence-corrected chi connectivity index (χ3v) is 3.04. The Balaban J connectivity index is 0.000000178. The highest BCUT2D eigenvalue weighted by molar-refractivity contribution is 6.30. The van der Waals surface area contributed by atoms with Gasteiger partial charge in [0, 0.05) is 10.6 Å². The van der Waals surface area contributed by atoms with Crippen molar-refractivity contribution >= 4 is 28.3 Å². The number of hydrogen-bond acceptors (Lipinski definition) is 1. The monoisotopic (exact) mass is 283 g/mol. The molecule has 3 aromatic rings. The van der Waals surface area contributed by atoms with E-state index in [9.17, 15) is 4.79 Å². The molecule has 0 aliphatic carbocycles. The molecule has 0 aromatic heterocycles. The number of hydrogen-bond donors (Lipinski definition) is 1. The third-order valence-electron chi connectivity index (χ3n) is 2.79. The normalized spacial score (nSPS) is 9.65. The van der Waals surface area contributed by atoms with Gasteiger partial charge in [-0.25, -0.2) is 0 Å². The van der Waals surface area contributed by atoms with E-state index in [0.29, 0.717) is 5.56 Å². The predicted molar refractivity (Wildman–Crippen MR) is 83.9 cm³/mol. The van der Waals surface area contributed by atoms with Crippen LogP contribution in [0.3, 0.4) is 0 Å². The summed E-state index contributed by atoms with van der Waals surface area (Å²) < 4.78 is 0. The Bertz CT molecular complexity index is 705. The smallest absolute Gasteiger partial charge is 0.249 e. The molecule has 0 aliphatic rings. The molecule has 1 amide bonds. The second-order valence-corrected chi connectivity index (χ2v) is 4.62. The predicted octanol–water partition coefficient (Wildman–Crippen LogP) is 4.28. The van der Waals surface area contributed by atoms with E-state index in [1.807, 2.05) is 66.7 Å². The lowest BCUT2D eigenvalue weighted by atomic mass is 10.0. The fourth-order valence-electron chi connectivity index (χ4n) is 1.85. The van der Waals surface area contributed by atoms with Gasteiger partial charge in [-0.05, 0) is 29.0 Å². The number of halogens is 1. The molecule has 0 aliphatic heterocycles. The van der Waals surface area contributed by atoms with Crippen LogP contribution in [0.4, 0.5) is 0 Å². The number of fused-ring (bicyclic) bond motifs is 1. The summed E-state index contributed by atoms with van der Waals surface area (Å²) in [5.41, 5.74) is 5.82. The topological polar surface area (TPSA) is 43.1 Å². The quantitative estimate of drug-likeness (QED) is 0.712. The zero-order chi connectivity index (χ0) is 14.4. The minimum absolute atomic E-state index is 0.378. The fraction of sp³-hybridized carbons (Fsp3) is 0. The van der Waals surface area contributed by atoms with Gasteiger partial charge in [-0.2, -0.15) is 0 Å². The Morgan fingerprint density at radius 1 is 0.800 bits per heavy atom. The Kier molecular flexibility index (Phi) is 4.75. The van der Waals surface area contributed by atoms with Gasteiger partial charge in [-0.1, -0.05) is 66.2 Å². The number of carbonyl (C=O) groups is 1. The highest BCUT2D eigenvalue weighted by Gasteiger charge is 2.03. The molecule has 3 rings (SSSR count). The van der Waals surface area contributed by atoms with E-state index in [2.05, 4.69) is 0 Å². The van der Waals surface area contributed by atoms with Crippen molar-refractivity contribution in [3.8, 4) is 0 Å². The second-order valence-electron chi connectivity index (χ2n) is 4.19. The van der Waals surface area contributed by atoms with Gasteiger partial charge < -0.3 is 5.73 Å². The summed E-state index contributed by atoms with van der Waals surface area (Å²) in [6.07, 6.45) is 0. The molecule has 0 atom stereocenters. The molecule has 20 heavy (non-hydrogen) atoms. The van der Waals surface area contributed by atoms with Crippen LogP contribution < -0.4 is 5.73 Å². The molecule has 100 valence electrons. The molecule has 0 saturated heterocycles. The molecule has 0 heterocycles. The first-order valence-electron chi connectivity index (χ1n) is 6.16. The number of rotatable bonds is 1. The minimum Gasteiger partial charge on any atom is -0.366 e. The number of benzene rings is 3. The average molecular weight is 284 g/mol. The molecule has 2 N–H and O–H groups in total. The Morgan fingerprint density at radius 3 is 2.00 bits per heavy atom. The van der Waals surface area contributed by atoms with Gasteiger partial charge in [-0.15, -0.1) is 0 Å². The summed E-state index contributed by atoms with van der Waals surface area (Å²) in [6.45, 7) is 0. The SMILES string of the molecule is Clc1ccccc1.NC(=O)c1cccc2ccccc12. The van der Waals surface area contributed by atoms with E-state index in [1.54, 1.807) is 6.07 Å². The van der Waals surface area contributed by atoms with E-state index >= 15 is 0 Å². The highest BCUT2D eigenvalue weighted by Crippen LogP contribution is 2.17. The fourth-order valence-corrected chi connectivity index (χ4v) is 2.00. The van der Waals surface area contributed by atoms with Crippen LogP contribution in [0.25, 0.3) is 10.8 Å². The van der Waals surface area contributed by atoms with Crippen LogP contribution in [0.1, 0.15) is 10.4 Å². The summed E-state index contributed by atoms with van der Waals surface area (Å²) in [5.74, 6) is -0.378. The Morgan fingerprint density at radius 2 is 1.40 bits per heavy atom. The third kappa shape index (κ3) is 3.59. The van der Waals surface area contributed by atoms with Crippen LogP contribution in [-0.4, -0.2) is 5.91 Å². The maximum atomic E-state index is 11.0. The summed E-state index contributed by atoms with van der Waals surface area (Å²) in [6, 6.07) is 22.7. The lowest BCUT2D eigenvalue weighted by Crippen LogP contribution is -2.11. The van der Waals surface area contributed by atoms with Crippen molar-refractivity contribution in [3.05, 3.63) is 83.4 Å². The molecule has 0 saturated carbocycles. The molecule has 3 heteroatoms. The van der Waals surface area contributed by atoms with Gasteiger partial charge >= 0.3 is 0 Å². The molecule has 0 fully saturated rings. The van der Waals surface area contributed by atoms with Crippen LogP contribution in [0.2, 0.25) is 5.02 Å². The van der Waals surface area contributed by atoms with Gasteiger partial charge in [0.1, 0.15) is 0 Å². The van der Waals surface area contributed by atoms with E-state index in [4.69, 9.17) is 17.3 Å². The van der Waals surface area contributed by atoms with Crippen molar-refractivity contribution in [1.29, 1.82) is 0 Å². The maximum absolute atomic E-state index is 11.0. The van der Waals surface area contributed by atoms with Crippen molar-refractivity contribution in [2.45, 2.75) is 0 Å². The van der Waals surface area contributed by atoms with Gasteiger partial charge in [0.25, 0.3) is 0 Å². The van der Waals surface area contributed by atoms with Crippen molar-refractivity contribution in [2.75, 3.05) is 0 Å². The van der Waals surface area contributed by atoms with Crippen LogP contribution in [0, 0.1) is 0 Å². The lowest BCUT2D eigenvalue weighted by molar-refractivity contribution is 0.100. The maximum Gasteiger partial charge on any atom is 0.249 e. The van der Waals surface area contributed by atoms with E-state index in [-0.39, 0.29) is 5.91 Å². The van der Waals surface area contributed by atoms with Crippen molar-refractivity contribution in [3.63, 3.8) is 0 Å². The molecule has 0 radical (unpaired) electrons. The molecule has 0 spiro atoms. The second kappa shape index (κ2) is 6.73. The van der Waals surface area contributed by atoms with E-state index < -0.39 is 0 Å². The van der Waals surface area contributed by atoms with E-state index in [0.717, 1.165) is 15.8 Å². The molecular formula is C17H14ClNO. The van der Waals surface area contributed by atoms with Crippen LogP contribution in [0.5, 0.6) is 0 Å². The number of nitrogens with two attached hydrogens (primary N) is 1. The zero-order valence-electron chi connectivity index (χ0n) is 10.8. The van der Waals surface area contributed by atoms with Gasteiger partial charge in [0.2, 0.25) is 5.91 Å². The molecule has 2 nitrogen and oxygen atoms in total. The summed E-state index contributed by atoms with van der Waals surface area (Å²) in [4.78, 5) is 11.0. The zero-order valence-corrected chi connectivity index (χ0v) is 11.5. The number of amides is 1. The summed E-state index contributed by atoms with van der Waals surface area (Å²) in [5, 5.41) is 2.75. The summed E-state index contributed by atoms with van der Waals surface area (Å²) >= 11 is 5.54. The average Bonchev–Trinajstić information content (AvgIpc) is 2.48. The molecule has 3 aromatic carbocycles. The Labute approximate surface area is 122 Å².